The summed E-state index contributed by atoms with van der Waals surface area (Å²) in [6.07, 6.45) is -0.557. The molecule has 1 atom stereocenters. The van der Waals surface area contributed by atoms with Crippen molar-refractivity contribution in [2.24, 2.45) is 0 Å². The third-order valence-corrected chi connectivity index (χ3v) is 3.34. The highest BCUT2D eigenvalue weighted by atomic mass is 19.1. The Morgan fingerprint density at radius 2 is 2.05 bits per heavy atom. The number of likely N-dealkylation sites (N-methyl/N-ethyl adjacent to an activating group) is 1. The highest BCUT2D eigenvalue weighted by Crippen LogP contribution is 2.29. The van der Waals surface area contributed by atoms with E-state index in [4.69, 9.17) is 4.74 Å². The summed E-state index contributed by atoms with van der Waals surface area (Å²) in [5, 5.41) is 20.1. The first-order chi connectivity index (χ1) is 9.78. The minimum absolute atomic E-state index is 0.194. The standard InChI is InChI=1S/C16H26FNO3/c1-5-18(11-16(2,3)20)10-9-13(19)15-12(17)7-6-8-14(15)21-4/h6-8,13,19-20H,5,9-11H2,1-4H3. The van der Waals surface area contributed by atoms with E-state index in [1.165, 1.54) is 13.2 Å². The monoisotopic (exact) mass is 299 g/mol. The number of nitrogens with zero attached hydrogens (tertiary/aromatic N) is 1. The largest absolute Gasteiger partial charge is 0.496 e. The summed E-state index contributed by atoms with van der Waals surface area (Å²) in [6.45, 7) is 7.30. The Balaban J connectivity index is 2.71. The van der Waals surface area contributed by atoms with Crippen molar-refractivity contribution >= 4 is 0 Å². The first-order valence-electron chi connectivity index (χ1n) is 7.23. The Hall–Kier alpha value is -1.17. The molecule has 0 radical (unpaired) electrons. The van der Waals surface area contributed by atoms with E-state index in [9.17, 15) is 14.6 Å². The van der Waals surface area contributed by atoms with Gasteiger partial charge < -0.3 is 19.8 Å². The molecule has 1 unspecified atom stereocenters. The van der Waals surface area contributed by atoms with E-state index >= 15 is 0 Å². The highest BCUT2D eigenvalue weighted by molar-refractivity contribution is 5.36. The molecule has 0 fully saturated rings. The molecule has 2 N–H and O–H groups in total. The fourth-order valence-corrected chi connectivity index (χ4v) is 2.36. The summed E-state index contributed by atoms with van der Waals surface area (Å²) in [5.74, 6) is -0.111. The molecule has 5 heteroatoms. The van der Waals surface area contributed by atoms with Gasteiger partial charge >= 0.3 is 0 Å². The zero-order valence-electron chi connectivity index (χ0n) is 13.3. The minimum atomic E-state index is -0.933. The average Bonchev–Trinajstić information content (AvgIpc) is 2.41. The number of halogens is 1. The van der Waals surface area contributed by atoms with Crippen molar-refractivity contribution in [3.63, 3.8) is 0 Å². The van der Waals surface area contributed by atoms with E-state index in [1.54, 1.807) is 26.0 Å². The van der Waals surface area contributed by atoms with Crippen LogP contribution in [-0.4, -0.2) is 47.5 Å². The molecule has 1 aromatic rings. The van der Waals surface area contributed by atoms with Gasteiger partial charge in [-0.2, -0.15) is 0 Å². The Morgan fingerprint density at radius 1 is 1.38 bits per heavy atom. The van der Waals surface area contributed by atoms with E-state index in [0.29, 0.717) is 25.3 Å². The fourth-order valence-electron chi connectivity index (χ4n) is 2.36. The van der Waals surface area contributed by atoms with Gasteiger partial charge in [-0.15, -0.1) is 0 Å². The Labute approximate surface area is 126 Å². The maximum absolute atomic E-state index is 13.9. The lowest BCUT2D eigenvalue weighted by molar-refractivity contribution is 0.0318. The van der Waals surface area contributed by atoms with Gasteiger partial charge in [0.25, 0.3) is 0 Å². The second kappa shape index (κ2) is 7.73. The van der Waals surface area contributed by atoms with Crippen LogP contribution in [0.1, 0.15) is 38.9 Å². The number of methoxy groups -OCH3 is 1. The van der Waals surface area contributed by atoms with Gasteiger partial charge in [0, 0.05) is 13.1 Å². The molecule has 0 amide bonds. The molecular formula is C16H26FNO3. The van der Waals surface area contributed by atoms with Crippen molar-refractivity contribution in [3.05, 3.63) is 29.6 Å². The molecule has 0 spiro atoms. The predicted molar refractivity (Wildman–Crippen MR) is 80.9 cm³/mol. The van der Waals surface area contributed by atoms with Crippen LogP contribution in [0.5, 0.6) is 5.75 Å². The molecule has 0 aliphatic carbocycles. The quantitative estimate of drug-likeness (QED) is 0.774. The van der Waals surface area contributed by atoms with Crippen LogP contribution < -0.4 is 4.74 Å². The zero-order chi connectivity index (χ0) is 16.0. The van der Waals surface area contributed by atoms with Crippen molar-refractivity contribution in [3.8, 4) is 5.75 Å². The van der Waals surface area contributed by atoms with Crippen molar-refractivity contribution in [1.82, 2.24) is 4.90 Å². The van der Waals surface area contributed by atoms with Crippen LogP contribution >= 0.6 is 0 Å². The summed E-state index contributed by atoms with van der Waals surface area (Å²) in [6, 6.07) is 4.50. The number of benzene rings is 1. The molecule has 1 aromatic carbocycles. The third kappa shape index (κ3) is 5.61. The molecule has 0 bridgehead atoms. The third-order valence-electron chi connectivity index (χ3n) is 3.34. The van der Waals surface area contributed by atoms with Crippen LogP contribution in [0.4, 0.5) is 4.39 Å². The minimum Gasteiger partial charge on any atom is -0.496 e. The molecule has 4 nitrogen and oxygen atoms in total. The summed E-state index contributed by atoms with van der Waals surface area (Å²) >= 11 is 0. The predicted octanol–water partition coefficient (Wildman–Crippen LogP) is 2.35. The first-order valence-corrected chi connectivity index (χ1v) is 7.23. The van der Waals surface area contributed by atoms with Crippen LogP contribution in [-0.2, 0) is 0 Å². The number of ether oxygens (including phenoxy) is 1. The molecule has 0 aromatic heterocycles. The molecule has 0 aliphatic heterocycles. The van der Waals surface area contributed by atoms with Gasteiger partial charge in [0.15, 0.2) is 0 Å². The molecular weight excluding hydrogens is 273 g/mol. The lowest BCUT2D eigenvalue weighted by Crippen LogP contribution is -2.39. The Kier molecular flexibility index (Phi) is 6.58. The smallest absolute Gasteiger partial charge is 0.132 e. The maximum atomic E-state index is 13.9. The molecule has 0 aliphatic rings. The summed E-state index contributed by atoms with van der Waals surface area (Å²) < 4.78 is 19.0. The summed E-state index contributed by atoms with van der Waals surface area (Å²) in [5.41, 5.74) is -0.601. The van der Waals surface area contributed by atoms with Gasteiger partial charge in [0.05, 0.1) is 24.4 Å². The fraction of sp³-hybridized carbons (Fsp3) is 0.625. The Morgan fingerprint density at radius 3 is 2.57 bits per heavy atom. The first kappa shape index (κ1) is 17.9. The summed E-state index contributed by atoms with van der Waals surface area (Å²) in [4.78, 5) is 2.02. The van der Waals surface area contributed by atoms with Crippen molar-refractivity contribution in [2.75, 3.05) is 26.7 Å². The van der Waals surface area contributed by atoms with E-state index in [1.807, 2.05) is 11.8 Å². The van der Waals surface area contributed by atoms with E-state index in [0.717, 1.165) is 6.54 Å². The van der Waals surface area contributed by atoms with Gasteiger partial charge in [-0.25, -0.2) is 4.39 Å². The lowest BCUT2D eigenvalue weighted by atomic mass is 10.0. The summed E-state index contributed by atoms with van der Waals surface area (Å²) in [7, 11) is 1.46. The number of aliphatic hydroxyl groups excluding tert-OH is 1. The lowest BCUT2D eigenvalue weighted by Gasteiger charge is -2.28. The van der Waals surface area contributed by atoms with Crippen molar-refractivity contribution in [2.45, 2.75) is 38.9 Å². The number of rotatable bonds is 8. The van der Waals surface area contributed by atoms with Crippen LogP contribution in [0, 0.1) is 5.82 Å². The normalized spacial score (nSPS) is 13.5. The van der Waals surface area contributed by atoms with Gasteiger partial charge in [-0.1, -0.05) is 13.0 Å². The van der Waals surface area contributed by atoms with Crippen LogP contribution in [0.2, 0.25) is 0 Å². The SMILES string of the molecule is CCN(CCC(O)c1c(F)cccc1OC)CC(C)(C)O. The van der Waals surface area contributed by atoms with Crippen LogP contribution in [0.15, 0.2) is 18.2 Å². The van der Waals surface area contributed by atoms with Crippen LogP contribution in [0.3, 0.4) is 0 Å². The van der Waals surface area contributed by atoms with Crippen LogP contribution in [0.25, 0.3) is 0 Å². The second-order valence-corrected chi connectivity index (χ2v) is 5.84. The van der Waals surface area contributed by atoms with Gasteiger partial charge in [-0.3, -0.25) is 0 Å². The average molecular weight is 299 g/mol. The van der Waals surface area contributed by atoms with E-state index < -0.39 is 17.5 Å². The topological polar surface area (TPSA) is 52.9 Å². The highest BCUT2D eigenvalue weighted by Gasteiger charge is 2.21. The number of hydrogen-bond donors (Lipinski definition) is 2. The van der Waals surface area contributed by atoms with Crippen molar-refractivity contribution in [1.29, 1.82) is 0 Å². The molecule has 21 heavy (non-hydrogen) atoms. The van der Waals surface area contributed by atoms with E-state index in [2.05, 4.69) is 0 Å². The van der Waals surface area contributed by atoms with Gasteiger partial charge in [0.1, 0.15) is 11.6 Å². The van der Waals surface area contributed by atoms with Gasteiger partial charge in [-0.05, 0) is 38.9 Å². The van der Waals surface area contributed by atoms with Crippen molar-refractivity contribution < 1.29 is 19.3 Å². The number of hydrogen-bond acceptors (Lipinski definition) is 4. The second-order valence-electron chi connectivity index (χ2n) is 5.84. The Bertz CT molecular complexity index is 446. The van der Waals surface area contributed by atoms with E-state index in [-0.39, 0.29) is 5.56 Å². The molecule has 0 heterocycles. The molecule has 0 saturated carbocycles. The molecule has 120 valence electrons. The molecule has 1 rings (SSSR count). The number of aliphatic hydroxyl groups is 2. The maximum Gasteiger partial charge on any atom is 0.132 e. The molecule has 0 saturated heterocycles. The van der Waals surface area contributed by atoms with Gasteiger partial charge in [0.2, 0.25) is 0 Å². The zero-order valence-corrected chi connectivity index (χ0v) is 13.3.